The first-order valence-electron chi connectivity index (χ1n) is 10.7. The van der Waals surface area contributed by atoms with Crippen molar-refractivity contribution < 1.29 is 14.4 Å². The molecule has 2 aliphatic rings. The van der Waals surface area contributed by atoms with Crippen molar-refractivity contribution in [3.05, 3.63) is 64.7 Å². The summed E-state index contributed by atoms with van der Waals surface area (Å²) in [6.07, 6.45) is 3.15. The lowest BCUT2D eigenvalue weighted by atomic mass is 9.87. The van der Waals surface area contributed by atoms with Crippen molar-refractivity contribution in [3.63, 3.8) is 0 Å². The number of carbonyl (C=O) groups is 3. The molecule has 6 heteroatoms. The average molecular weight is 420 g/mol. The van der Waals surface area contributed by atoms with Crippen LogP contribution in [0.5, 0.6) is 0 Å². The summed E-state index contributed by atoms with van der Waals surface area (Å²) in [4.78, 5) is 39.3. The smallest absolute Gasteiger partial charge is 0.325 e. The van der Waals surface area contributed by atoms with Crippen molar-refractivity contribution in [2.75, 3.05) is 11.9 Å². The summed E-state index contributed by atoms with van der Waals surface area (Å²) >= 11 is 0. The number of nitrogens with zero attached hydrogens (tertiary/aromatic N) is 1. The minimum atomic E-state index is -1.16. The van der Waals surface area contributed by atoms with E-state index >= 15 is 0 Å². The fourth-order valence-corrected chi connectivity index (χ4v) is 4.32. The van der Waals surface area contributed by atoms with Crippen molar-refractivity contribution in [1.82, 2.24) is 10.2 Å². The Kier molecular flexibility index (Phi) is 5.12. The van der Waals surface area contributed by atoms with Crippen LogP contribution >= 0.6 is 0 Å². The Labute approximate surface area is 183 Å². The number of hydrogen-bond acceptors (Lipinski definition) is 3. The van der Waals surface area contributed by atoms with E-state index in [0.717, 1.165) is 35.3 Å². The third-order valence-electron chi connectivity index (χ3n) is 6.29. The van der Waals surface area contributed by atoms with Crippen LogP contribution in [0.25, 0.3) is 0 Å². The molecular weight excluding hydrogens is 390 g/mol. The fraction of sp³-hybridized carbons (Fsp3) is 0.400. The van der Waals surface area contributed by atoms with Crippen LogP contribution in [-0.2, 0) is 33.4 Å². The molecule has 4 amide bonds. The highest BCUT2D eigenvalue weighted by Crippen LogP contribution is 2.32. The van der Waals surface area contributed by atoms with Crippen LogP contribution in [0.15, 0.2) is 42.5 Å². The maximum atomic E-state index is 13.1. The molecule has 2 N–H and O–H groups in total. The molecule has 0 saturated carbocycles. The topological polar surface area (TPSA) is 78.5 Å². The summed E-state index contributed by atoms with van der Waals surface area (Å²) in [7, 11) is 0. The predicted octanol–water partition coefficient (Wildman–Crippen LogP) is 3.88. The van der Waals surface area contributed by atoms with Crippen molar-refractivity contribution in [2.24, 2.45) is 0 Å². The molecule has 1 fully saturated rings. The molecule has 1 atom stereocenters. The van der Waals surface area contributed by atoms with Gasteiger partial charge in [-0.05, 0) is 66.0 Å². The van der Waals surface area contributed by atoms with Crippen LogP contribution in [0.1, 0.15) is 56.4 Å². The number of nitrogens with one attached hydrogen (secondary N) is 2. The lowest BCUT2D eigenvalue weighted by Crippen LogP contribution is -2.42. The molecule has 0 radical (unpaired) electrons. The zero-order chi connectivity index (χ0) is 22.4. The van der Waals surface area contributed by atoms with Gasteiger partial charge in [-0.2, -0.15) is 0 Å². The van der Waals surface area contributed by atoms with Gasteiger partial charge in [0.05, 0.1) is 0 Å². The largest absolute Gasteiger partial charge is 0.325 e. The second-order valence-electron chi connectivity index (χ2n) is 9.66. The van der Waals surface area contributed by atoms with Crippen LogP contribution in [0.3, 0.4) is 0 Å². The SMILES string of the molecule is CC(C)(C)c1ccc(NC(=O)CN2C(=O)NC(C)(c3ccc4c(c3)CCC4)C2=O)cc1. The van der Waals surface area contributed by atoms with E-state index in [4.69, 9.17) is 0 Å². The van der Waals surface area contributed by atoms with Gasteiger partial charge in [-0.15, -0.1) is 0 Å². The highest BCUT2D eigenvalue weighted by Gasteiger charge is 2.49. The molecular formula is C25H29N3O3. The van der Waals surface area contributed by atoms with E-state index in [1.165, 1.54) is 11.1 Å². The van der Waals surface area contributed by atoms with Crippen molar-refractivity contribution in [2.45, 2.75) is 57.9 Å². The molecule has 4 rings (SSSR count). The number of fused-ring (bicyclic) bond motifs is 1. The zero-order valence-corrected chi connectivity index (χ0v) is 18.5. The van der Waals surface area contributed by atoms with E-state index in [-0.39, 0.29) is 12.0 Å². The maximum Gasteiger partial charge on any atom is 0.325 e. The van der Waals surface area contributed by atoms with Crippen LogP contribution in [0.4, 0.5) is 10.5 Å². The lowest BCUT2D eigenvalue weighted by molar-refractivity contribution is -0.133. The molecule has 162 valence electrons. The van der Waals surface area contributed by atoms with Gasteiger partial charge in [-0.1, -0.05) is 51.1 Å². The van der Waals surface area contributed by atoms with Gasteiger partial charge < -0.3 is 10.6 Å². The van der Waals surface area contributed by atoms with Crippen molar-refractivity contribution >= 4 is 23.5 Å². The summed E-state index contributed by atoms with van der Waals surface area (Å²) < 4.78 is 0. The maximum absolute atomic E-state index is 13.1. The third kappa shape index (κ3) is 3.94. The monoisotopic (exact) mass is 419 g/mol. The number of hydrogen-bond donors (Lipinski definition) is 2. The Balaban J connectivity index is 1.46. The van der Waals surface area contributed by atoms with Crippen LogP contribution < -0.4 is 10.6 Å². The summed E-state index contributed by atoms with van der Waals surface area (Å²) in [5.41, 5.74) is 3.94. The molecule has 0 bridgehead atoms. The summed E-state index contributed by atoms with van der Waals surface area (Å²) in [5.74, 6) is -0.820. The molecule has 31 heavy (non-hydrogen) atoms. The first kappa shape index (κ1) is 21.1. The Bertz CT molecular complexity index is 1050. The molecule has 1 heterocycles. The average Bonchev–Trinajstić information content (AvgIpc) is 3.26. The molecule has 6 nitrogen and oxygen atoms in total. The standard InChI is InChI=1S/C25H29N3O3/c1-24(2,3)18-10-12-20(13-11-18)26-21(29)15-28-22(30)25(4,27-23(28)31)19-9-8-16-6-5-7-17(16)14-19/h8-14H,5-7,15H2,1-4H3,(H,26,29)(H,27,31). The number of urea groups is 1. The predicted molar refractivity (Wildman–Crippen MR) is 120 cm³/mol. The van der Waals surface area contributed by atoms with Crippen LogP contribution in [0, 0.1) is 0 Å². The molecule has 0 spiro atoms. The second-order valence-corrected chi connectivity index (χ2v) is 9.66. The lowest BCUT2D eigenvalue weighted by Gasteiger charge is -2.23. The second kappa shape index (κ2) is 7.52. The number of rotatable bonds is 4. The van der Waals surface area contributed by atoms with Gasteiger partial charge >= 0.3 is 6.03 Å². The number of amides is 4. The molecule has 0 aromatic heterocycles. The van der Waals surface area contributed by atoms with E-state index in [1.54, 1.807) is 6.92 Å². The van der Waals surface area contributed by atoms with E-state index in [0.29, 0.717) is 5.69 Å². The van der Waals surface area contributed by atoms with Crippen LogP contribution in [0.2, 0.25) is 0 Å². The van der Waals surface area contributed by atoms with E-state index in [2.05, 4.69) is 31.4 Å². The van der Waals surface area contributed by atoms with Gasteiger partial charge in [0.2, 0.25) is 5.91 Å². The highest BCUT2D eigenvalue weighted by molar-refractivity contribution is 6.10. The first-order valence-corrected chi connectivity index (χ1v) is 10.7. The molecule has 1 aliphatic carbocycles. The Morgan fingerprint density at radius 3 is 2.42 bits per heavy atom. The number of benzene rings is 2. The van der Waals surface area contributed by atoms with E-state index < -0.39 is 23.4 Å². The number of imide groups is 1. The van der Waals surface area contributed by atoms with Gasteiger partial charge in [-0.25, -0.2) is 4.79 Å². The summed E-state index contributed by atoms with van der Waals surface area (Å²) in [6, 6.07) is 13.0. The van der Waals surface area contributed by atoms with Gasteiger partial charge in [-0.3, -0.25) is 14.5 Å². The van der Waals surface area contributed by atoms with Gasteiger partial charge in [0.15, 0.2) is 0 Å². The molecule has 1 unspecified atom stereocenters. The number of anilines is 1. The minimum absolute atomic E-state index is 0.0185. The molecule has 2 aromatic carbocycles. The van der Waals surface area contributed by atoms with E-state index in [9.17, 15) is 14.4 Å². The number of aryl methyl sites for hydroxylation is 2. The molecule has 1 aliphatic heterocycles. The fourth-order valence-electron chi connectivity index (χ4n) is 4.32. The quantitative estimate of drug-likeness (QED) is 0.739. The third-order valence-corrected chi connectivity index (χ3v) is 6.29. The van der Waals surface area contributed by atoms with Crippen LogP contribution in [-0.4, -0.2) is 29.3 Å². The zero-order valence-electron chi connectivity index (χ0n) is 18.5. The number of carbonyl (C=O) groups excluding carboxylic acids is 3. The Hall–Kier alpha value is -3.15. The normalized spacial score (nSPS) is 20.6. The Morgan fingerprint density at radius 2 is 1.74 bits per heavy atom. The van der Waals surface area contributed by atoms with Gasteiger partial charge in [0, 0.05) is 5.69 Å². The van der Waals surface area contributed by atoms with Crippen molar-refractivity contribution in [3.8, 4) is 0 Å². The highest BCUT2D eigenvalue weighted by atomic mass is 16.2. The van der Waals surface area contributed by atoms with Gasteiger partial charge in [0.1, 0.15) is 12.1 Å². The summed E-state index contributed by atoms with van der Waals surface area (Å²) in [6.45, 7) is 7.74. The van der Waals surface area contributed by atoms with Gasteiger partial charge in [0.25, 0.3) is 5.91 Å². The summed E-state index contributed by atoms with van der Waals surface area (Å²) in [5, 5.41) is 5.57. The minimum Gasteiger partial charge on any atom is -0.325 e. The van der Waals surface area contributed by atoms with Crippen molar-refractivity contribution in [1.29, 1.82) is 0 Å². The molecule has 2 aromatic rings. The van der Waals surface area contributed by atoms with E-state index in [1.807, 2.05) is 42.5 Å². The molecule has 1 saturated heterocycles. The Morgan fingerprint density at radius 1 is 1.06 bits per heavy atom. The first-order chi connectivity index (χ1) is 14.6.